The summed E-state index contributed by atoms with van der Waals surface area (Å²) in [5, 5.41) is 32.2. The lowest BCUT2D eigenvalue weighted by molar-refractivity contribution is -0.208. The van der Waals surface area contributed by atoms with E-state index in [0.717, 1.165) is 38.5 Å². The number of allylic oxidation sites excluding steroid dienone is 2. The molecule has 5 aliphatic rings. The SMILES string of the molecule is CC1(C(=O)O)CC(O)[C@]2(C)CC[C@]3(C)C(=CC[C@@H]4[C@@]5(C)CCC(O)C(C)(C)C5CC[C@]43C)[C@H]2C1. The number of carboxylic acids is 1. The van der Waals surface area contributed by atoms with Crippen LogP contribution in [0.25, 0.3) is 0 Å². The first-order valence-electron chi connectivity index (χ1n) is 13.9. The molecule has 10 atom stereocenters. The number of aliphatic hydroxyl groups is 2. The number of aliphatic hydroxyl groups excluding tert-OH is 2. The molecule has 4 fully saturated rings. The van der Waals surface area contributed by atoms with Gasteiger partial charge in [-0.15, -0.1) is 0 Å². The summed E-state index contributed by atoms with van der Waals surface area (Å²) in [5.74, 6) is 0.463. The quantitative estimate of drug-likeness (QED) is 0.397. The molecule has 5 rings (SSSR count). The van der Waals surface area contributed by atoms with Crippen molar-refractivity contribution in [2.75, 3.05) is 0 Å². The van der Waals surface area contributed by atoms with Crippen LogP contribution in [0.5, 0.6) is 0 Å². The summed E-state index contributed by atoms with van der Waals surface area (Å²) < 4.78 is 0. The van der Waals surface area contributed by atoms with Crippen LogP contribution >= 0.6 is 0 Å². The van der Waals surface area contributed by atoms with Gasteiger partial charge in [-0.1, -0.05) is 53.2 Å². The molecule has 0 aromatic heterocycles. The zero-order valence-electron chi connectivity index (χ0n) is 22.6. The summed E-state index contributed by atoms with van der Waals surface area (Å²) in [6, 6.07) is 0. The molecule has 4 heteroatoms. The summed E-state index contributed by atoms with van der Waals surface area (Å²) in [5.41, 5.74) is 0.706. The molecule has 3 N–H and O–H groups in total. The van der Waals surface area contributed by atoms with Gasteiger partial charge in [0.05, 0.1) is 17.6 Å². The van der Waals surface area contributed by atoms with Crippen LogP contribution in [0, 0.1) is 50.2 Å². The molecule has 0 amide bonds. The van der Waals surface area contributed by atoms with Gasteiger partial charge in [0.2, 0.25) is 0 Å². The maximum absolute atomic E-state index is 12.3. The molecule has 0 bridgehead atoms. The molecule has 0 aromatic rings. The van der Waals surface area contributed by atoms with Crippen LogP contribution in [0.15, 0.2) is 11.6 Å². The maximum atomic E-state index is 12.3. The zero-order valence-corrected chi connectivity index (χ0v) is 22.6. The molecule has 0 spiro atoms. The molecule has 4 nitrogen and oxygen atoms in total. The molecular weight excluding hydrogens is 424 g/mol. The van der Waals surface area contributed by atoms with E-state index in [-0.39, 0.29) is 39.1 Å². The van der Waals surface area contributed by atoms with Crippen LogP contribution in [-0.4, -0.2) is 33.5 Å². The lowest BCUT2D eigenvalue weighted by Crippen LogP contribution is -2.65. The van der Waals surface area contributed by atoms with E-state index in [1.165, 1.54) is 12.0 Å². The van der Waals surface area contributed by atoms with Crippen molar-refractivity contribution in [1.29, 1.82) is 0 Å². The van der Waals surface area contributed by atoms with E-state index in [1.807, 2.05) is 6.92 Å². The van der Waals surface area contributed by atoms with Gasteiger partial charge in [-0.25, -0.2) is 0 Å². The van der Waals surface area contributed by atoms with Crippen LogP contribution in [0.1, 0.15) is 106 Å². The Morgan fingerprint density at radius 3 is 2.15 bits per heavy atom. The fraction of sp³-hybridized carbons (Fsp3) is 0.900. The van der Waals surface area contributed by atoms with Crippen molar-refractivity contribution in [2.24, 2.45) is 50.2 Å². The Balaban J connectivity index is 1.59. The summed E-state index contributed by atoms with van der Waals surface area (Å²) in [7, 11) is 0. The molecule has 0 aromatic carbocycles. The van der Waals surface area contributed by atoms with Crippen molar-refractivity contribution < 1.29 is 20.1 Å². The van der Waals surface area contributed by atoms with Gasteiger partial charge >= 0.3 is 5.97 Å². The van der Waals surface area contributed by atoms with Crippen molar-refractivity contribution in [1.82, 2.24) is 0 Å². The third-order valence-corrected chi connectivity index (χ3v) is 13.4. The highest BCUT2D eigenvalue weighted by Crippen LogP contribution is 2.75. The van der Waals surface area contributed by atoms with Gasteiger partial charge in [-0.05, 0) is 104 Å². The summed E-state index contributed by atoms with van der Waals surface area (Å²) in [4.78, 5) is 12.3. The highest BCUT2D eigenvalue weighted by atomic mass is 16.4. The van der Waals surface area contributed by atoms with Crippen molar-refractivity contribution >= 4 is 5.97 Å². The normalized spacial score (nSPS) is 56.3. The Kier molecular flexibility index (Phi) is 5.20. The van der Waals surface area contributed by atoms with Gasteiger partial charge < -0.3 is 15.3 Å². The third-order valence-electron chi connectivity index (χ3n) is 13.4. The van der Waals surface area contributed by atoms with Crippen molar-refractivity contribution in [3.63, 3.8) is 0 Å². The Labute approximate surface area is 206 Å². The van der Waals surface area contributed by atoms with Crippen LogP contribution in [0.4, 0.5) is 0 Å². The van der Waals surface area contributed by atoms with E-state index in [2.05, 4.69) is 47.6 Å². The van der Waals surface area contributed by atoms with Crippen LogP contribution in [-0.2, 0) is 4.79 Å². The Bertz CT molecular complexity index is 923. The molecule has 0 radical (unpaired) electrons. The monoisotopic (exact) mass is 472 g/mol. The van der Waals surface area contributed by atoms with E-state index in [1.54, 1.807) is 0 Å². The second kappa shape index (κ2) is 7.12. The Hall–Kier alpha value is -0.870. The highest BCUT2D eigenvalue weighted by molar-refractivity contribution is 5.74. The van der Waals surface area contributed by atoms with Gasteiger partial charge in [0, 0.05) is 5.41 Å². The summed E-state index contributed by atoms with van der Waals surface area (Å²) >= 11 is 0. The molecule has 4 saturated carbocycles. The number of hydrogen-bond donors (Lipinski definition) is 3. The molecule has 192 valence electrons. The highest BCUT2D eigenvalue weighted by Gasteiger charge is 2.69. The fourth-order valence-corrected chi connectivity index (χ4v) is 10.6. The van der Waals surface area contributed by atoms with Crippen molar-refractivity contribution in [3.8, 4) is 0 Å². The first-order valence-corrected chi connectivity index (χ1v) is 13.9. The summed E-state index contributed by atoms with van der Waals surface area (Å²) in [6.07, 6.45) is 10.1. The average molecular weight is 473 g/mol. The second-order valence-electron chi connectivity index (χ2n) is 15.0. The van der Waals surface area contributed by atoms with Gasteiger partial charge in [0.15, 0.2) is 0 Å². The zero-order chi connectivity index (χ0) is 25.1. The topological polar surface area (TPSA) is 77.8 Å². The number of hydrogen-bond acceptors (Lipinski definition) is 3. The van der Waals surface area contributed by atoms with Gasteiger partial charge in [-0.2, -0.15) is 0 Å². The molecule has 0 aliphatic heterocycles. The minimum atomic E-state index is -0.867. The van der Waals surface area contributed by atoms with Gasteiger partial charge in [0.25, 0.3) is 0 Å². The average Bonchev–Trinajstić information content (AvgIpc) is 2.73. The van der Waals surface area contributed by atoms with E-state index >= 15 is 0 Å². The maximum Gasteiger partial charge on any atom is 0.309 e. The predicted octanol–water partition coefficient (Wildman–Crippen LogP) is 6.20. The minimum Gasteiger partial charge on any atom is -0.481 e. The molecule has 0 heterocycles. The number of carboxylic acid groups (broad SMARTS) is 1. The standard InChI is InChI=1S/C30H48O4/c1-25(2)20-10-13-30(7)21(28(20,5)12-11-22(25)31)9-8-18-19-16-26(3,24(33)34)17-23(32)27(19,4)14-15-29(18,30)6/h8,19-23,31-32H,9-17H2,1-7H3,(H,33,34)/t19-,20?,21-,22?,23?,26?,27-,28+,29-,30-/m1/s1. The van der Waals surface area contributed by atoms with E-state index < -0.39 is 17.5 Å². The van der Waals surface area contributed by atoms with Crippen LogP contribution < -0.4 is 0 Å². The third kappa shape index (κ3) is 2.82. The Morgan fingerprint density at radius 1 is 0.824 bits per heavy atom. The minimum absolute atomic E-state index is 0.0325. The smallest absolute Gasteiger partial charge is 0.309 e. The van der Waals surface area contributed by atoms with Crippen LogP contribution in [0.3, 0.4) is 0 Å². The number of rotatable bonds is 1. The van der Waals surface area contributed by atoms with E-state index in [4.69, 9.17) is 0 Å². The van der Waals surface area contributed by atoms with Crippen LogP contribution in [0.2, 0.25) is 0 Å². The van der Waals surface area contributed by atoms with Crippen molar-refractivity contribution in [2.45, 2.75) is 118 Å². The van der Waals surface area contributed by atoms with E-state index in [9.17, 15) is 20.1 Å². The largest absolute Gasteiger partial charge is 0.481 e. The molecular formula is C30H48O4. The molecule has 5 aliphatic carbocycles. The molecule has 34 heavy (non-hydrogen) atoms. The molecule has 0 saturated heterocycles. The fourth-order valence-electron chi connectivity index (χ4n) is 10.6. The lowest BCUT2D eigenvalue weighted by Gasteiger charge is -2.71. The number of carbonyl (C=O) groups is 1. The van der Waals surface area contributed by atoms with E-state index in [0.29, 0.717) is 24.7 Å². The van der Waals surface area contributed by atoms with Gasteiger partial charge in [-0.3, -0.25) is 4.79 Å². The van der Waals surface area contributed by atoms with Crippen molar-refractivity contribution in [3.05, 3.63) is 11.6 Å². The molecule has 4 unspecified atom stereocenters. The number of aliphatic carboxylic acids is 1. The lowest BCUT2D eigenvalue weighted by atomic mass is 9.33. The Morgan fingerprint density at radius 2 is 1.50 bits per heavy atom. The summed E-state index contributed by atoms with van der Waals surface area (Å²) in [6.45, 7) is 16.2. The second-order valence-corrected chi connectivity index (χ2v) is 15.0. The first-order chi connectivity index (χ1) is 15.6. The van der Waals surface area contributed by atoms with Gasteiger partial charge in [0.1, 0.15) is 0 Å². The first kappa shape index (κ1) is 24.8. The number of fused-ring (bicyclic) bond motifs is 7. The predicted molar refractivity (Wildman–Crippen MR) is 134 cm³/mol.